The van der Waals surface area contributed by atoms with Gasteiger partial charge in [-0.25, -0.2) is 0 Å². The Balaban J connectivity index is 2.07. The van der Waals surface area contributed by atoms with Crippen LogP contribution in [0.1, 0.15) is 37.8 Å². The molecule has 0 spiro atoms. The first kappa shape index (κ1) is 14.6. The SMILES string of the molecule is CC(=O)NC(C)C(=O)N(Cc1cccc(C)c1)C1CC1. The van der Waals surface area contributed by atoms with Gasteiger partial charge in [0.1, 0.15) is 6.04 Å². The molecule has 1 aromatic rings. The van der Waals surface area contributed by atoms with Gasteiger partial charge < -0.3 is 10.2 Å². The highest BCUT2D eigenvalue weighted by Gasteiger charge is 2.34. The molecule has 1 aliphatic carbocycles. The summed E-state index contributed by atoms with van der Waals surface area (Å²) in [7, 11) is 0. The molecule has 0 heterocycles. The van der Waals surface area contributed by atoms with Crippen LogP contribution >= 0.6 is 0 Å². The number of hydrogen-bond donors (Lipinski definition) is 1. The number of aryl methyl sites for hydroxylation is 1. The second kappa shape index (κ2) is 6.07. The number of benzene rings is 1. The molecule has 0 bridgehead atoms. The van der Waals surface area contributed by atoms with Crippen molar-refractivity contribution in [2.45, 2.75) is 52.2 Å². The van der Waals surface area contributed by atoms with Gasteiger partial charge >= 0.3 is 0 Å². The molecule has 1 fully saturated rings. The molecule has 4 nitrogen and oxygen atoms in total. The summed E-state index contributed by atoms with van der Waals surface area (Å²) in [6, 6.07) is 8.08. The fourth-order valence-corrected chi connectivity index (χ4v) is 2.40. The molecular weight excluding hydrogens is 252 g/mol. The predicted molar refractivity (Wildman–Crippen MR) is 78.0 cm³/mol. The van der Waals surface area contributed by atoms with Crippen molar-refractivity contribution in [2.75, 3.05) is 0 Å². The van der Waals surface area contributed by atoms with Crippen LogP contribution in [0.3, 0.4) is 0 Å². The van der Waals surface area contributed by atoms with Crippen LogP contribution in [0.25, 0.3) is 0 Å². The lowest BCUT2D eigenvalue weighted by Gasteiger charge is -2.26. The maximum Gasteiger partial charge on any atom is 0.245 e. The third kappa shape index (κ3) is 3.83. The van der Waals surface area contributed by atoms with Crippen molar-refractivity contribution < 1.29 is 9.59 Å². The van der Waals surface area contributed by atoms with Crippen LogP contribution in [-0.2, 0) is 16.1 Å². The normalized spacial score (nSPS) is 15.6. The van der Waals surface area contributed by atoms with Crippen molar-refractivity contribution in [1.82, 2.24) is 10.2 Å². The van der Waals surface area contributed by atoms with Crippen LogP contribution in [-0.4, -0.2) is 28.8 Å². The van der Waals surface area contributed by atoms with Crippen LogP contribution in [0.15, 0.2) is 24.3 Å². The summed E-state index contributed by atoms with van der Waals surface area (Å²) in [4.78, 5) is 25.4. The maximum atomic E-state index is 12.5. The minimum absolute atomic E-state index is 0.00389. The average molecular weight is 274 g/mol. The number of amides is 2. The third-order valence-electron chi connectivity index (χ3n) is 3.50. The fraction of sp³-hybridized carbons (Fsp3) is 0.500. The van der Waals surface area contributed by atoms with Gasteiger partial charge in [0.05, 0.1) is 0 Å². The van der Waals surface area contributed by atoms with E-state index >= 15 is 0 Å². The Morgan fingerprint density at radius 1 is 1.40 bits per heavy atom. The topological polar surface area (TPSA) is 49.4 Å². The van der Waals surface area contributed by atoms with Gasteiger partial charge in [0.25, 0.3) is 0 Å². The van der Waals surface area contributed by atoms with Crippen molar-refractivity contribution in [1.29, 1.82) is 0 Å². The van der Waals surface area contributed by atoms with Gasteiger partial charge in [-0.3, -0.25) is 9.59 Å². The van der Waals surface area contributed by atoms with E-state index in [1.165, 1.54) is 12.5 Å². The van der Waals surface area contributed by atoms with Crippen LogP contribution in [0, 0.1) is 6.92 Å². The maximum absolute atomic E-state index is 12.5. The van der Waals surface area contributed by atoms with E-state index in [-0.39, 0.29) is 11.8 Å². The van der Waals surface area contributed by atoms with Gasteiger partial charge in [-0.1, -0.05) is 29.8 Å². The molecular formula is C16H22N2O2. The summed E-state index contributed by atoms with van der Waals surface area (Å²) in [5.74, 6) is -0.165. The molecule has 4 heteroatoms. The van der Waals surface area contributed by atoms with E-state index in [1.807, 2.05) is 30.0 Å². The zero-order chi connectivity index (χ0) is 14.7. The number of nitrogens with zero attached hydrogens (tertiary/aromatic N) is 1. The monoisotopic (exact) mass is 274 g/mol. The highest BCUT2D eigenvalue weighted by molar-refractivity contribution is 5.86. The molecule has 0 aliphatic heterocycles. The number of carbonyl (C=O) groups excluding carboxylic acids is 2. The van der Waals surface area contributed by atoms with Crippen molar-refractivity contribution in [3.8, 4) is 0 Å². The summed E-state index contributed by atoms with van der Waals surface area (Å²) in [5.41, 5.74) is 2.33. The molecule has 108 valence electrons. The molecule has 1 aromatic carbocycles. The average Bonchev–Trinajstić information content (AvgIpc) is 3.18. The Morgan fingerprint density at radius 3 is 2.65 bits per heavy atom. The Kier molecular flexibility index (Phi) is 4.42. The Bertz CT molecular complexity index is 509. The molecule has 2 amide bonds. The molecule has 0 aromatic heterocycles. The van der Waals surface area contributed by atoms with Crippen LogP contribution in [0.5, 0.6) is 0 Å². The minimum atomic E-state index is -0.460. The van der Waals surface area contributed by atoms with E-state index in [4.69, 9.17) is 0 Å². The number of rotatable bonds is 5. The molecule has 0 saturated heterocycles. The van der Waals surface area contributed by atoms with Gasteiger partial charge in [-0.05, 0) is 32.3 Å². The zero-order valence-corrected chi connectivity index (χ0v) is 12.3. The lowest BCUT2D eigenvalue weighted by molar-refractivity contribution is -0.136. The first-order valence-electron chi connectivity index (χ1n) is 7.10. The van der Waals surface area contributed by atoms with Crippen LogP contribution in [0.4, 0.5) is 0 Å². The summed E-state index contributed by atoms with van der Waals surface area (Å²) in [5, 5.41) is 2.67. The summed E-state index contributed by atoms with van der Waals surface area (Å²) in [6.07, 6.45) is 2.12. The van der Waals surface area contributed by atoms with E-state index in [0.717, 1.165) is 18.4 Å². The number of carbonyl (C=O) groups is 2. The first-order valence-corrected chi connectivity index (χ1v) is 7.10. The Morgan fingerprint density at radius 2 is 2.10 bits per heavy atom. The highest BCUT2D eigenvalue weighted by Crippen LogP contribution is 2.29. The molecule has 1 N–H and O–H groups in total. The van der Waals surface area contributed by atoms with Crippen LogP contribution < -0.4 is 5.32 Å². The highest BCUT2D eigenvalue weighted by atomic mass is 16.2. The van der Waals surface area contributed by atoms with Gasteiger partial charge in [-0.2, -0.15) is 0 Å². The van der Waals surface area contributed by atoms with Gasteiger partial charge in [0.2, 0.25) is 11.8 Å². The van der Waals surface area contributed by atoms with Crippen molar-refractivity contribution >= 4 is 11.8 Å². The molecule has 1 atom stereocenters. The first-order chi connectivity index (χ1) is 9.47. The smallest absolute Gasteiger partial charge is 0.245 e. The summed E-state index contributed by atoms with van der Waals surface area (Å²) in [6.45, 7) is 5.85. The molecule has 0 radical (unpaired) electrons. The minimum Gasteiger partial charge on any atom is -0.345 e. The molecule has 2 rings (SSSR count). The third-order valence-corrected chi connectivity index (χ3v) is 3.50. The van der Waals surface area contributed by atoms with Crippen molar-refractivity contribution in [3.05, 3.63) is 35.4 Å². The van der Waals surface area contributed by atoms with E-state index in [0.29, 0.717) is 12.6 Å². The number of hydrogen-bond acceptors (Lipinski definition) is 2. The Hall–Kier alpha value is -1.84. The van der Waals surface area contributed by atoms with E-state index < -0.39 is 6.04 Å². The van der Waals surface area contributed by atoms with Crippen molar-refractivity contribution in [2.24, 2.45) is 0 Å². The quantitative estimate of drug-likeness (QED) is 0.893. The second-order valence-corrected chi connectivity index (χ2v) is 5.61. The Labute approximate surface area is 120 Å². The summed E-state index contributed by atoms with van der Waals surface area (Å²) < 4.78 is 0. The van der Waals surface area contributed by atoms with Gasteiger partial charge in [0.15, 0.2) is 0 Å². The lowest BCUT2D eigenvalue weighted by Crippen LogP contribution is -2.46. The zero-order valence-electron chi connectivity index (χ0n) is 12.3. The van der Waals surface area contributed by atoms with Crippen molar-refractivity contribution in [3.63, 3.8) is 0 Å². The van der Waals surface area contributed by atoms with Gasteiger partial charge in [-0.15, -0.1) is 0 Å². The van der Waals surface area contributed by atoms with Gasteiger partial charge in [0, 0.05) is 19.5 Å². The van der Waals surface area contributed by atoms with Crippen LogP contribution in [0.2, 0.25) is 0 Å². The number of nitrogens with one attached hydrogen (secondary N) is 1. The fourth-order valence-electron chi connectivity index (χ4n) is 2.40. The summed E-state index contributed by atoms with van der Waals surface area (Å²) >= 11 is 0. The van der Waals surface area contributed by atoms with E-state index in [1.54, 1.807) is 6.92 Å². The molecule has 1 unspecified atom stereocenters. The van der Waals surface area contributed by atoms with E-state index in [9.17, 15) is 9.59 Å². The predicted octanol–water partition coefficient (Wildman–Crippen LogP) is 2.01. The molecule has 20 heavy (non-hydrogen) atoms. The standard InChI is InChI=1S/C16H22N2O2/c1-11-5-4-6-14(9-11)10-18(15-7-8-15)16(20)12(2)17-13(3)19/h4-6,9,12,15H,7-8,10H2,1-3H3,(H,17,19). The largest absolute Gasteiger partial charge is 0.345 e. The molecule has 1 saturated carbocycles. The lowest BCUT2D eigenvalue weighted by atomic mass is 10.1. The molecule has 1 aliphatic rings. The second-order valence-electron chi connectivity index (χ2n) is 5.61. The van der Waals surface area contributed by atoms with E-state index in [2.05, 4.69) is 11.4 Å².